The van der Waals surface area contributed by atoms with E-state index in [1.165, 1.54) is 75.5 Å². The molecule has 1 aromatic heterocycles. The summed E-state index contributed by atoms with van der Waals surface area (Å²) in [5.41, 5.74) is 12.9. The predicted molar refractivity (Wildman–Crippen MR) is 233 cm³/mol. The number of anilines is 3. The SMILES string of the molecule is c1ccc(-c2ccc(-c3ccc(N(c4ccc5sc6ccccc6c5c4)c4cc(-c5ccc6ccccc6c5)ccc4-c4ccccc4)cc3)cc2)cc1. The van der Waals surface area contributed by atoms with Crippen LogP contribution < -0.4 is 4.90 Å². The van der Waals surface area contributed by atoms with Gasteiger partial charge in [-0.15, -0.1) is 11.3 Å². The number of nitrogens with zero attached hydrogens (tertiary/aromatic N) is 1. The highest BCUT2D eigenvalue weighted by Gasteiger charge is 2.20. The maximum absolute atomic E-state index is 2.45. The first-order chi connectivity index (χ1) is 26.7. The van der Waals surface area contributed by atoms with Crippen LogP contribution in [0.15, 0.2) is 212 Å². The third-order valence-corrected chi connectivity index (χ3v) is 11.6. The van der Waals surface area contributed by atoms with Crippen LogP contribution in [0.4, 0.5) is 17.1 Å². The van der Waals surface area contributed by atoms with Crippen LogP contribution in [0.25, 0.3) is 75.5 Å². The van der Waals surface area contributed by atoms with Crippen LogP contribution in [-0.4, -0.2) is 0 Å². The molecule has 0 saturated carbocycles. The van der Waals surface area contributed by atoms with Gasteiger partial charge in [-0.05, 0) is 98.2 Å². The summed E-state index contributed by atoms with van der Waals surface area (Å²) in [6, 6.07) is 77.3. The van der Waals surface area contributed by atoms with Crippen LogP contribution in [0.1, 0.15) is 0 Å². The quantitative estimate of drug-likeness (QED) is 0.160. The van der Waals surface area contributed by atoms with Crippen LogP contribution in [0.5, 0.6) is 0 Å². The summed E-state index contributed by atoms with van der Waals surface area (Å²) in [5.74, 6) is 0. The monoisotopic (exact) mass is 705 g/mol. The molecule has 1 heterocycles. The van der Waals surface area contributed by atoms with E-state index in [2.05, 4.69) is 217 Å². The molecule has 254 valence electrons. The molecule has 0 aliphatic heterocycles. The van der Waals surface area contributed by atoms with Crippen molar-refractivity contribution in [1.29, 1.82) is 0 Å². The predicted octanol–water partition coefficient (Wildman–Crippen LogP) is 15.3. The van der Waals surface area contributed by atoms with Gasteiger partial charge in [0.25, 0.3) is 0 Å². The fourth-order valence-electron chi connectivity index (χ4n) is 7.70. The lowest BCUT2D eigenvalue weighted by atomic mass is 9.95. The molecule has 0 saturated heterocycles. The van der Waals surface area contributed by atoms with E-state index in [4.69, 9.17) is 0 Å². The second-order valence-electron chi connectivity index (χ2n) is 13.8. The maximum atomic E-state index is 2.45. The maximum Gasteiger partial charge on any atom is 0.0546 e. The number of hydrogen-bond acceptors (Lipinski definition) is 2. The van der Waals surface area contributed by atoms with Crippen LogP contribution in [-0.2, 0) is 0 Å². The van der Waals surface area contributed by atoms with Gasteiger partial charge in [0.05, 0.1) is 5.69 Å². The molecule has 9 aromatic carbocycles. The highest BCUT2D eigenvalue weighted by Crippen LogP contribution is 2.45. The molecule has 0 bridgehead atoms. The van der Waals surface area contributed by atoms with E-state index < -0.39 is 0 Å². The molecule has 0 amide bonds. The van der Waals surface area contributed by atoms with Gasteiger partial charge >= 0.3 is 0 Å². The van der Waals surface area contributed by atoms with Crippen LogP contribution in [0, 0.1) is 0 Å². The van der Waals surface area contributed by atoms with E-state index in [-0.39, 0.29) is 0 Å². The highest BCUT2D eigenvalue weighted by molar-refractivity contribution is 7.25. The number of thiophene rings is 1. The Morgan fingerprint density at radius 1 is 0.296 bits per heavy atom. The highest BCUT2D eigenvalue weighted by atomic mass is 32.1. The van der Waals surface area contributed by atoms with Crippen molar-refractivity contribution in [2.45, 2.75) is 0 Å². The Hall–Kier alpha value is -6.74. The van der Waals surface area contributed by atoms with Gasteiger partial charge in [-0.2, -0.15) is 0 Å². The summed E-state index contributed by atoms with van der Waals surface area (Å²) in [7, 11) is 0. The third kappa shape index (κ3) is 5.93. The summed E-state index contributed by atoms with van der Waals surface area (Å²) in [6.07, 6.45) is 0. The summed E-state index contributed by atoms with van der Waals surface area (Å²) < 4.78 is 2.60. The Morgan fingerprint density at radius 3 is 1.56 bits per heavy atom. The first-order valence-electron chi connectivity index (χ1n) is 18.4. The Kier molecular flexibility index (Phi) is 8.09. The average molecular weight is 706 g/mol. The molecule has 10 aromatic rings. The lowest BCUT2D eigenvalue weighted by Gasteiger charge is -2.29. The van der Waals surface area contributed by atoms with Crippen molar-refractivity contribution in [3.8, 4) is 44.5 Å². The van der Waals surface area contributed by atoms with Gasteiger partial charge in [-0.3, -0.25) is 0 Å². The summed E-state index contributed by atoms with van der Waals surface area (Å²) in [5, 5.41) is 5.06. The Balaban J connectivity index is 1.15. The van der Waals surface area contributed by atoms with Crippen LogP contribution in [0.3, 0.4) is 0 Å². The number of fused-ring (bicyclic) bond motifs is 4. The third-order valence-electron chi connectivity index (χ3n) is 10.5. The molecule has 0 fully saturated rings. The fraction of sp³-hybridized carbons (Fsp3) is 0. The summed E-state index contributed by atoms with van der Waals surface area (Å²) >= 11 is 1.85. The van der Waals surface area contributed by atoms with Crippen molar-refractivity contribution >= 4 is 59.3 Å². The first kappa shape index (κ1) is 32.0. The van der Waals surface area contributed by atoms with Crippen molar-refractivity contribution in [3.63, 3.8) is 0 Å². The van der Waals surface area contributed by atoms with Crippen molar-refractivity contribution in [2.24, 2.45) is 0 Å². The van der Waals surface area contributed by atoms with Gasteiger partial charge in [0.1, 0.15) is 0 Å². The van der Waals surface area contributed by atoms with Gasteiger partial charge in [0.2, 0.25) is 0 Å². The largest absolute Gasteiger partial charge is 0.310 e. The Labute approximate surface area is 319 Å². The summed E-state index contributed by atoms with van der Waals surface area (Å²) in [6.45, 7) is 0. The molecule has 0 aliphatic rings. The van der Waals surface area contributed by atoms with Crippen molar-refractivity contribution in [1.82, 2.24) is 0 Å². The first-order valence-corrected chi connectivity index (χ1v) is 19.2. The molecule has 0 radical (unpaired) electrons. The molecule has 1 nitrogen and oxygen atoms in total. The molecular weight excluding hydrogens is 671 g/mol. The van der Waals surface area contributed by atoms with E-state index in [1.807, 2.05) is 11.3 Å². The zero-order chi connectivity index (χ0) is 35.8. The van der Waals surface area contributed by atoms with Gasteiger partial charge in [0.15, 0.2) is 0 Å². The minimum atomic E-state index is 1.10. The van der Waals surface area contributed by atoms with Crippen molar-refractivity contribution in [3.05, 3.63) is 212 Å². The molecule has 0 spiro atoms. The zero-order valence-electron chi connectivity index (χ0n) is 29.6. The lowest BCUT2D eigenvalue weighted by Crippen LogP contribution is -2.11. The molecule has 0 atom stereocenters. The van der Waals surface area contributed by atoms with E-state index in [0.29, 0.717) is 0 Å². The van der Waals surface area contributed by atoms with Gasteiger partial charge in [0, 0.05) is 37.1 Å². The van der Waals surface area contributed by atoms with Crippen molar-refractivity contribution < 1.29 is 0 Å². The van der Waals surface area contributed by atoms with E-state index >= 15 is 0 Å². The van der Waals surface area contributed by atoms with Crippen molar-refractivity contribution in [2.75, 3.05) is 4.90 Å². The number of hydrogen-bond donors (Lipinski definition) is 0. The molecule has 10 rings (SSSR count). The normalized spacial score (nSPS) is 11.3. The second-order valence-corrected chi connectivity index (χ2v) is 14.8. The molecule has 2 heteroatoms. The number of rotatable bonds is 7. The standard InChI is InChI=1S/C52H35NS/c1-3-11-36(12-4-1)38-19-21-39(22-20-38)40-25-28-45(29-26-40)53(46-30-32-52-49(35-46)48-17-9-10-18-51(48)54-52)50-34-44(27-31-47(50)41-14-5-2-6-15-41)43-24-23-37-13-7-8-16-42(37)33-43/h1-35H. The summed E-state index contributed by atoms with van der Waals surface area (Å²) in [4.78, 5) is 2.45. The number of benzene rings is 9. The van der Waals surface area contributed by atoms with E-state index in [9.17, 15) is 0 Å². The average Bonchev–Trinajstić information content (AvgIpc) is 3.63. The second kappa shape index (κ2) is 13.7. The molecule has 0 unspecified atom stereocenters. The molecule has 0 aliphatic carbocycles. The zero-order valence-corrected chi connectivity index (χ0v) is 30.4. The van der Waals surface area contributed by atoms with E-state index in [1.54, 1.807) is 0 Å². The smallest absolute Gasteiger partial charge is 0.0546 e. The topological polar surface area (TPSA) is 3.24 Å². The molecular formula is C52H35NS. The van der Waals surface area contributed by atoms with Crippen LogP contribution in [0.2, 0.25) is 0 Å². The molecule has 0 N–H and O–H groups in total. The Bertz CT molecular complexity index is 2910. The lowest BCUT2D eigenvalue weighted by molar-refractivity contribution is 1.29. The Morgan fingerprint density at radius 2 is 0.815 bits per heavy atom. The van der Waals surface area contributed by atoms with E-state index in [0.717, 1.165) is 17.1 Å². The van der Waals surface area contributed by atoms with Crippen LogP contribution >= 0.6 is 11.3 Å². The fourth-order valence-corrected chi connectivity index (χ4v) is 8.78. The van der Waals surface area contributed by atoms with Gasteiger partial charge < -0.3 is 4.90 Å². The minimum Gasteiger partial charge on any atom is -0.310 e. The van der Waals surface area contributed by atoms with Gasteiger partial charge in [-0.1, -0.05) is 164 Å². The van der Waals surface area contributed by atoms with Gasteiger partial charge in [-0.25, -0.2) is 0 Å². The minimum absolute atomic E-state index is 1.10. The molecule has 54 heavy (non-hydrogen) atoms.